The molecule has 3 nitrogen and oxygen atoms in total. The maximum Gasteiger partial charge on any atom is 0.256 e. The molecule has 1 aromatic heterocycles. The molecule has 0 bridgehead atoms. The first-order valence-corrected chi connectivity index (χ1v) is 8.79. The van der Waals surface area contributed by atoms with Crippen LogP contribution >= 0.6 is 0 Å². The fraction of sp³-hybridized carbons (Fsp3) is 0.227. The summed E-state index contributed by atoms with van der Waals surface area (Å²) in [6.07, 6.45) is 2.56. The molecule has 0 spiro atoms. The van der Waals surface area contributed by atoms with Gasteiger partial charge in [-0.2, -0.15) is 0 Å². The first-order chi connectivity index (χ1) is 12.6. The van der Waals surface area contributed by atoms with Crippen LogP contribution in [0, 0.1) is 5.82 Å². The van der Waals surface area contributed by atoms with Crippen molar-refractivity contribution in [3.8, 4) is 0 Å². The Kier molecular flexibility index (Phi) is 5.64. The molecule has 0 fully saturated rings. The van der Waals surface area contributed by atoms with Crippen molar-refractivity contribution in [3.63, 3.8) is 0 Å². The van der Waals surface area contributed by atoms with E-state index in [1.807, 2.05) is 25.1 Å². The van der Waals surface area contributed by atoms with Crippen molar-refractivity contribution in [2.75, 3.05) is 6.54 Å². The molecule has 4 heteroatoms. The minimum Gasteiger partial charge on any atom is -0.325 e. The minimum absolute atomic E-state index is 0.199. The van der Waals surface area contributed by atoms with Crippen LogP contribution in [0.2, 0.25) is 0 Å². The molecular weight excluding hydrogens is 327 g/mol. The van der Waals surface area contributed by atoms with Crippen molar-refractivity contribution in [2.45, 2.75) is 26.4 Å². The molecule has 0 saturated heterocycles. The molecule has 4 rings (SSSR count). The lowest BCUT2D eigenvalue weighted by Gasteiger charge is -2.29. The molecule has 26 heavy (non-hydrogen) atoms. The molecular formula is C22H23FN2O. The quantitative estimate of drug-likeness (QED) is 0.695. The van der Waals surface area contributed by atoms with E-state index in [1.165, 1.54) is 17.7 Å². The number of benzene rings is 2. The van der Waals surface area contributed by atoms with E-state index in [4.69, 9.17) is 0 Å². The molecule has 0 aliphatic carbocycles. The van der Waals surface area contributed by atoms with Crippen LogP contribution in [0.5, 0.6) is 0 Å². The molecule has 1 aliphatic rings. The van der Waals surface area contributed by atoms with Gasteiger partial charge in [-0.05, 0) is 35.6 Å². The molecule has 0 amide bonds. The van der Waals surface area contributed by atoms with E-state index in [9.17, 15) is 9.18 Å². The maximum absolute atomic E-state index is 13.4. The molecule has 2 aromatic carbocycles. The third-order valence-corrected chi connectivity index (χ3v) is 4.49. The zero-order chi connectivity index (χ0) is 18.5. The number of rotatable bonds is 2. The lowest BCUT2D eigenvalue weighted by molar-refractivity contribution is 0.244. The first kappa shape index (κ1) is 18.1. The number of nitrogens with one attached hydrogen (secondary N) is 1. The zero-order valence-corrected chi connectivity index (χ0v) is 15.0. The SMILES string of the molecule is C=CC.O=c1[nH]c2c(c3ccc(F)cc13)CN(Cc1ccccc1)CC2. The van der Waals surface area contributed by atoms with Crippen LogP contribution in [-0.4, -0.2) is 16.4 Å². The average Bonchev–Trinajstić information content (AvgIpc) is 2.64. The predicted molar refractivity (Wildman–Crippen MR) is 105 cm³/mol. The second kappa shape index (κ2) is 8.11. The van der Waals surface area contributed by atoms with E-state index in [1.54, 1.807) is 12.1 Å². The summed E-state index contributed by atoms with van der Waals surface area (Å²) >= 11 is 0. The van der Waals surface area contributed by atoms with Gasteiger partial charge in [0.2, 0.25) is 0 Å². The Hall–Kier alpha value is -2.72. The third-order valence-electron chi connectivity index (χ3n) is 4.49. The summed E-state index contributed by atoms with van der Waals surface area (Å²) in [5, 5.41) is 1.30. The summed E-state index contributed by atoms with van der Waals surface area (Å²) in [5.41, 5.74) is 3.17. The molecule has 0 saturated carbocycles. The van der Waals surface area contributed by atoms with Crippen LogP contribution in [0.3, 0.4) is 0 Å². The highest BCUT2D eigenvalue weighted by Gasteiger charge is 2.20. The maximum atomic E-state index is 13.4. The Morgan fingerprint density at radius 3 is 2.65 bits per heavy atom. The highest BCUT2D eigenvalue weighted by Crippen LogP contribution is 2.25. The van der Waals surface area contributed by atoms with Gasteiger partial charge in [0.25, 0.3) is 5.56 Å². The van der Waals surface area contributed by atoms with Gasteiger partial charge in [0, 0.05) is 31.7 Å². The molecule has 1 aliphatic heterocycles. The van der Waals surface area contributed by atoms with Gasteiger partial charge < -0.3 is 4.98 Å². The van der Waals surface area contributed by atoms with Crippen LogP contribution < -0.4 is 5.56 Å². The van der Waals surface area contributed by atoms with Crippen molar-refractivity contribution < 1.29 is 4.39 Å². The normalized spacial score (nSPS) is 13.6. The summed E-state index contributed by atoms with van der Waals surface area (Å²) in [7, 11) is 0. The molecule has 3 aromatic rings. The molecule has 0 atom stereocenters. The van der Waals surface area contributed by atoms with Gasteiger partial charge in [0.15, 0.2) is 0 Å². The van der Waals surface area contributed by atoms with Crippen molar-refractivity contribution in [1.82, 2.24) is 9.88 Å². The first-order valence-electron chi connectivity index (χ1n) is 8.79. The van der Waals surface area contributed by atoms with Crippen molar-refractivity contribution >= 4 is 10.8 Å². The number of aromatic amines is 1. The van der Waals surface area contributed by atoms with Gasteiger partial charge in [-0.1, -0.05) is 42.5 Å². The Labute approximate surface area is 152 Å². The second-order valence-electron chi connectivity index (χ2n) is 6.46. The number of H-pyrrole nitrogens is 1. The molecule has 134 valence electrons. The van der Waals surface area contributed by atoms with Crippen molar-refractivity contribution in [1.29, 1.82) is 0 Å². The van der Waals surface area contributed by atoms with Crippen LogP contribution in [-0.2, 0) is 19.5 Å². The molecule has 1 N–H and O–H groups in total. The number of hydrogen-bond acceptors (Lipinski definition) is 2. The smallest absolute Gasteiger partial charge is 0.256 e. The Bertz CT molecular complexity index is 963. The van der Waals surface area contributed by atoms with Gasteiger partial charge in [0.05, 0.1) is 5.39 Å². The van der Waals surface area contributed by atoms with Gasteiger partial charge in [-0.25, -0.2) is 4.39 Å². The summed E-state index contributed by atoms with van der Waals surface area (Å²) in [5.74, 6) is -0.375. The number of hydrogen-bond donors (Lipinski definition) is 1. The number of pyridine rings is 1. The summed E-state index contributed by atoms with van der Waals surface area (Å²) < 4.78 is 13.4. The number of allylic oxidation sites excluding steroid dienone is 1. The monoisotopic (exact) mass is 350 g/mol. The Morgan fingerprint density at radius 2 is 1.92 bits per heavy atom. The summed E-state index contributed by atoms with van der Waals surface area (Å²) in [4.78, 5) is 17.4. The van der Waals surface area contributed by atoms with E-state index in [0.29, 0.717) is 5.39 Å². The van der Waals surface area contributed by atoms with Gasteiger partial charge >= 0.3 is 0 Å². The van der Waals surface area contributed by atoms with E-state index in [-0.39, 0.29) is 11.4 Å². The second-order valence-corrected chi connectivity index (χ2v) is 6.46. The van der Waals surface area contributed by atoms with E-state index >= 15 is 0 Å². The minimum atomic E-state index is -0.375. The lowest BCUT2D eigenvalue weighted by Crippen LogP contribution is -2.32. The topological polar surface area (TPSA) is 36.1 Å². The van der Waals surface area contributed by atoms with E-state index < -0.39 is 0 Å². The Balaban J connectivity index is 0.000000613. The van der Waals surface area contributed by atoms with E-state index in [2.05, 4.69) is 28.6 Å². The van der Waals surface area contributed by atoms with Crippen molar-refractivity contribution in [3.05, 3.63) is 94.2 Å². The number of aromatic nitrogens is 1. The van der Waals surface area contributed by atoms with Crippen LogP contribution in [0.25, 0.3) is 10.8 Å². The highest BCUT2D eigenvalue weighted by atomic mass is 19.1. The highest BCUT2D eigenvalue weighted by molar-refractivity contribution is 5.85. The van der Waals surface area contributed by atoms with E-state index in [0.717, 1.165) is 42.7 Å². The molecule has 0 radical (unpaired) electrons. The van der Waals surface area contributed by atoms with Crippen LogP contribution in [0.1, 0.15) is 23.7 Å². The van der Waals surface area contributed by atoms with Gasteiger partial charge in [0.1, 0.15) is 5.82 Å². The fourth-order valence-corrected chi connectivity index (χ4v) is 3.35. The number of halogens is 1. The largest absolute Gasteiger partial charge is 0.325 e. The van der Waals surface area contributed by atoms with Crippen LogP contribution in [0.4, 0.5) is 4.39 Å². The standard InChI is InChI=1S/C19H17FN2O.C3H6/c20-14-6-7-15-16(10-14)19(23)21-18-8-9-22(12-17(15)18)11-13-4-2-1-3-5-13;1-3-2/h1-7,10H,8-9,11-12H2,(H,21,23);3H,1H2,2H3. The molecule has 0 unspecified atom stereocenters. The van der Waals surface area contributed by atoms with Gasteiger partial charge in [-0.15, -0.1) is 6.58 Å². The number of fused-ring (bicyclic) bond motifs is 3. The lowest BCUT2D eigenvalue weighted by atomic mass is 9.98. The molecule has 2 heterocycles. The summed E-state index contributed by atoms with van der Waals surface area (Å²) in [6.45, 7) is 7.80. The summed E-state index contributed by atoms with van der Waals surface area (Å²) in [6, 6.07) is 14.8. The zero-order valence-electron chi connectivity index (χ0n) is 15.0. The Morgan fingerprint density at radius 1 is 1.19 bits per heavy atom. The average molecular weight is 350 g/mol. The third kappa shape index (κ3) is 3.92. The predicted octanol–water partition coefficient (Wildman–Crippen LogP) is 4.42. The fourth-order valence-electron chi connectivity index (χ4n) is 3.35. The van der Waals surface area contributed by atoms with Crippen LogP contribution in [0.15, 0.2) is 66.0 Å². The van der Waals surface area contributed by atoms with Crippen molar-refractivity contribution in [2.24, 2.45) is 0 Å². The van der Waals surface area contributed by atoms with Gasteiger partial charge in [-0.3, -0.25) is 9.69 Å². The number of nitrogens with zero attached hydrogens (tertiary/aromatic N) is 1.